The minimum atomic E-state index is -0.118. The second-order valence-corrected chi connectivity index (χ2v) is 4.57. The molecule has 0 fully saturated rings. The summed E-state index contributed by atoms with van der Waals surface area (Å²) in [4.78, 5) is 14.5. The van der Waals surface area contributed by atoms with Crippen LogP contribution < -0.4 is 21.9 Å². The third-order valence-corrected chi connectivity index (χ3v) is 3.16. The molecule has 0 atom stereocenters. The number of nitrogens with zero attached hydrogens (tertiary/aromatic N) is 2. The highest BCUT2D eigenvalue weighted by atomic mass is 35.5. The number of anilines is 2. The van der Waals surface area contributed by atoms with Gasteiger partial charge in [-0.2, -0.15) is 14.3 Å². The van der Waals surface area contributed by atoms with Crippen molar-refractivity contribution in [2.75, 3.05) is 4.90 Å². The molecule has 0 N–H and O–H groups in total. The summed E-state index contributed by atoms with van der Waals surface area (Å²) in [6.45, 7) is 0. The second kappa shape index (κ2) is 7.38. The molecular formula is C18H15ClN2O. The molecule has 1 aromatic heterocycles. The molecule has 110 valence electrons. The van der Waals surface area contributed by atoms with Crippen LogP contribution in [0.15, 0.2) is 91.3 Å². The van der Waals surface area contributed by atoms with Crippen LogP contribution in [0, 0.1) is 0 Å². The molecule has 0 aliphatic carbocycles. The third-order valence-electron chi connectivity index (χ3n) is 3.16. The highest BCUT2D eigenvalue weighted by Crippen LogP contribution is 2.24. The van der Waals surface area contributed by atoms with E-state index in [4.69, 9.17) is 0 Å². The number of hydrogen-bond acceptors (Lipinski definition) is 1. The lowest BCUT2D eigenvalue weighted by molar-refractivity contribution is -0.569. The Morgan fingerprint density at radius 1 is 0.682 bits per heavy atom. The average molecular weight is 311 g/mol. The van der Waals surface area contributed by atoms with E-state index in [2.05, 4.69) is 0 Å². The number of rotatable bonds is 2. The van der Waals surface area contributed by atoms with Gasteiger partial charge in [0.15, 0.2) is 0 Å². The molecule has 0 bridgehead atoms. The molecule has 0 spiro atoms. The van der Waals surface area contributed by atoms with Gasteiger partial charge in [-0.3, -0.25) is 0 Å². The van der Waals surface area contributed by atoms with E-state index >= 15 is 0 Å². The lowest BCUT2D eigenvalue weighted by Gasteiger charge is -2.14. The predicted molar refractivity (Wildman–Crippen MR) is 82.5 cm³/mol. The van der Waals surface area contributed by atoms with Crippen LogP contribution in [0.25, 0.3) is 0 Å². The van der Waals surface area contributed by atoms with Crippen molar-refractivity contribution in [1.82, 2.24) is 0 Å². The molecule has 3 rings (SSSR count). The van der Waals surface area contributed by atoms with Gasteiger partial charge in [0.05, 0.1) is 12.4 Å². The van der Waals surface area contributed by atoms with Crippen LogP contribution in [0.1, 0.15) is 0 Å². The Morgan fingerprint density at radius 3 is 1.55 bits per heavy atom. The van der Waals surface area contributed by atoms with Gasteiger partial charge in [0.25, 0.3) is 0 Å². The zero-order valence-electron chi connectivity index (χ0n) is 11.8. The highest BCUT2D eigenvalue weighted by Gasteiger charge is 2.28. The SMILES string of the molecule is O=C(N(c1ccccc1)c1ccccc1)[n+]1ccccc1.[Cl-]. The van der Waals surface area contributed by atoms with Crippen molar-refractivity contribution < 1.29 is 21.8 Å². The van der Waals surface area contributed by atoms with E-state index in [1.54, 1.807) is 21.9 Å². The van der Waals surface area contributed by atoms with Crippen molar-refractivity contribution in [2.45, 2.75) is 0 Å². The summed E-state index contributed by atoms with van der Waals surface area (Å²) in [5, 5.41) is 0. The van der Waals surface area contributed by atoms with Crippen molar-refractivity contribution in [3.8, 4) is 0 Å². The van der Waals surface area contributed by atoms with Gasteiger partial charge in [-0.1, -0.05) is 42.5 Å². The Morgan fingerprint density at radius 2 is 1.09 bits per heavy atom. The normalized spacial score (nSPS) is 9.64. The van der Waals surface area contributed by atoms with Crippen molar-refractivity contribution in [2.24, 2.45) is 0 Å². The van der Waals surface area contributed by atoms with Gasteiger partial charge in [-0.25, -0.2) is 0 Å². The lowest BCUT2D eigenvalue weighted by Crippen LogP contribution is -3.00. The first-order valence-corrected chi connectivity index (χ1v) is 6.77. The van der Waals surface area contributed by atoms with Crippen LogP contribution in [0.3, 0.4) is 0 Å². The van der Waals surface area contributed by atoms with E-state index in [9.17, 15) is 4.79 Å². The largest absolute Gasteiger partial charge is 1.00 e. The van der Waals surface area contributed by atoms with Gasteiger partial charge in [-0.05, 0) is 36.4 Å². The van der Waals surface area contributed by atoms with Crippen molar-refractivity contribution in [3.63, 3.8) is 0 Å². The fourth-order valence-electron chi connectivity index (χ4n) is 2.17. The maximum atomic E-state index is 12.8. The van der Waals surface area contributed by atoms with E-state index in [0.717, 1.165) is 11.4 Å². The smallest absolute Gasteiger partial charge is 0.508 e. The van der Waals surface area contributed by atoms with E-state index in [1.807, 2.05) is 78.9 Å². The van der Waals surface area contributed by atoms with Crippen LogP contribution in [-0.2, 0) is 0 Å². The first-order chi connectivity index (χ1) is 10.4. The first kappa shape index (κ1) is 15.7. The van der Waals surface area contributed by atoms with E-state index in [1.165, 1.54) is 0 Å². The van der Waals surface area contributed by atoms with Crippen LogP contribution in [-0.4, -0.2) is 6.03 Å². The lowest BCUT2D eigenvalue weighted by atomic mass is 10.2. The Hall–Kier alpha value is -2.65. The van der Waals surface area contributed by atoms with Gasteiger partial charge < -0.3 is 12.4 Å². The summed E-state index contributed by atoms with van der Waals surface area (Å²) in [6.07, 6.45) is 3.50. The Kier molecular flexibility index (Phi) is 5.28. The molecule has 0 aliphatic rings. The number of aromatic nitrogens is 1. The van der Waals surface area contributed by atoms with Gasteiger partial charge in [0.1, 0.15) is 11.4 Å². The third kappa shape index (κ3) is 3.32. The molecule has 22 heavy (non-hydrogen) atoms. The zero-order valence-corrected chi connectivity index (χ0v) is 12.6. The predicted octanol–water partition coefficient (Wildman–Crippen LogP) is 0.784. The zero-order chi connectivity index (χ0) is 14.5. The molecule has 0 radical (unpaired) electrons. The molecule has 3 nitrogen and oxygen atoms in total. The Balaban J connectivity index is 0.00000176. The number of para-hydroxylation sites is 2. The number of carbonyl (C=O) groups is 1. The molecule has 0 saturated carbocycles. The van der Waals surface area contributed by atoms with Crippen LogP contribution in [0.5, 0.6) is 0 Å². The number of benzene rings is 2. The fourth-order valence-corrected chi connectivity index (χ4v) is 2.17. The Labute approximate surface area is 135 Å². The summed E-state index contributed by atoms with van der Waals surface area (Å²) in [5.41, 5.74) is 1.68. The second-order valence-electron chi connectivity index (χ2n) is 4.57. The standard InChI is InChI=1S/C18H15N2O.ClH/c21-18(19-14-8-3-9-15-19)20(16-10-4-1-5-11-16)17-12-6-2-7-13-17;/h1-15H;1H/q+1;/p-1. The summed E-state index contributed by atoms with van der Waals surface area (Å²) in [5.74, 6) is 0. The number of hydrogen-bond donors (Lipinski definition) is 0. The number of amides is 1. The van der Waals surface area contributed by atoms with Gasteiger partial charge in [0.2, 0.25) is 0 Å². The van der Waals surface area contributed by atoms with Crippen molar-refractivity contribution in [3.05, 3.63) is 91.3 Å². The van der Waals surface area contributed by atoms with Crippen LogP contribution in [0.4, 0.5) is 16.2 Å². The maximum absolute atomic E-state index is 12.8. The van der Waals surface area contributed by atoms with Gasteiger partial charge in [-0.15, -0.1) is 0 Å². The quantitative estimate of drug-likeness (QED) is 0.642. The minimum absolute atomic E-state index is 0. The topological polar surface area (TPSA) is 24.2 Å². The fraction of sp³-hybridized carbons (Fsp3) is 0. The summed E-state index contributed by atoms with van der Waals surface area (Å²) < 4.78 is 1.57. The highest BCUT2D eigenvalue weighted by molar-refractivity contribution is 5.94. The molecule has 0 saturated heterocycles. The minimum Gasteiger partial charge on any atom is -1.00 e. The number of carbonyl (C=O) groups excluding carboxylic acids is 1. The van der Waals surface area contributed by atoms with E-state index < -0.39 is 0 Å². The molecular weight excluding hydrogens is 296 g/mol. The van der Waals surface area contributed by atoms with Gasteiger partial charge in [0, 0.05) is 0 Å². The van der Waals surface area contributed by atoms with E-state index in [-0.39, 0.29) is 18.4 Å². The summed E-state index contributed by atoms with van der Waals surface area (Å²) >= 11 is 0. The summed E-state index contributed by atoms with van der Waals surface area (Å²) in [7, 11) is 0. The van der Waals surface area contributed by atoms with Gasteiger partial charge >= 0.3 is 6.03 Å². The average Bonchev–Trinajstić information content (AvgIpc) is 2.58. The van der Waals surface area contributed by atoms with Crippen LogP contribution >= 0.6 is 0 Å². The molecule has 1 heterocycles. The van der Waals surface area contributed by atoms with E-state index in [0.29, 0.717) is 0 Å². The monoisotopic (exact) mass is 310 g/mol. The number of halogens is 1. The summed E-state index contributed by atoms with van der Waals surface area (Å²) in [6, 6.07) is 24.7. The molecule has 4 heteroatoms. The van der Waals surface area contributed by atoms with Crippen molar-refractivity contribution in [1.29, 1.82) is 0 Å². The maximum Gasteiger partial charge on any atom is 0.508 e. The molecule has 3 aromatic rings. The number of pyridine rings is 1. The first-order valence-electron chi connectivity index (χ1n) is 6.77. The molecule has 0 aliphatic heterocycles. The molecule has 1 amide bonds. The Bertz CT molecular complexity index is 678. The van der Waals surface area contributed by atoms with Crippen LogP contribution in [0.2, 0.25) is 0 Å². The molecule has 2 aromatic carbocycles. The molecule has 0 unspecified atom stereocenters. The van der Waals surface area contributed by atoms with Crippen molar-refractivity contribution >= 4 is 17.4 Å².